The average Bonchev–Trinajstić information content (AvgIpc) is 3.27. The topological polar surface area (TPSA) is 51.1 Å². The zero-order valence-corrected chi connectivity index (χ0v) is 14.1. The summed E-state index contributed by atoms with van der Waals surface area (Å²) in [5.74, 6) is 2.73. The first kappa shape index (κ1) is 15.5. The molecule has 5 heteroatoms. The third kappa shape index (κ3) is 3.56. The quantitative estimate of drug-likeness (QED) is 0.857. The maximum atomic E-state index is 6.22. The van der Waals surface area contributed by atoms with Crippen molar-refractivity contribution < 1.29 is 4.74 Å². The smallest absolute Gasteiger partial charge is 0.124 e. The molecular weight excluding hydrogens is 300 g/mol. The largest absolute Gasteiger partial charge is 0.490 e. The number of hydrogen-bond donors (Lipinski definition) is 2. The van der Waals surface area contributed by atoms with Gasteiger partial charge in [0.2, 0.25) is 0 Å². The van der Waals surface area contributed by atoms with Crippen molar-refractivity contribution in [3.63, 3.8) is 0 Å². The number of rotatable bonds is 6. The molecule has 1 aromatic carbocycles. The second-order valence-electron chi connectivity index (χ2n) is 6.91. The van der Waals surface area contributed by atoms with E-state index in [0.717, 1.165) is 37.7 Å². The lowest BCUT2D eigenvalue weighted by atomic mass is 10.1. The molecule has 0 spiro atoms. The molecular formula is C19H26N4O. The molecule has 2 aromatic rings. The summed E-state index contributed by atoms with van der Waals surface area (Å²) < 4.78 is 8.27. The average molecular weight is 326 g/mol. The number of para-hydroxylation sites is 1. The number of hydrogen-bond acceptors (Lipinski definition) is 4. The molecule has 0 bridgehead atoms. The molecule has 0 saturated heterocycles. The highest BCUT2D eigenvalue weighted by molar-refractivity contribution is 5.35. The number of benzene rings is 1. The lowest BCUT2D eigenvalue weighted by Crippen LogP contribution is -2.35. The predicted molar refractivity (Wildman–Crippen MR) is 95.2 cm³/mol. The molecule has 0 amide bonds. The van der Waals surface area contributed by atoms with Gasteiger partial charge in [0.1, 0.15) is 11.6 Å². The fourth-order valence-corrected chi connectivity index (χ4v) is 3.68. The van der Waals surface area contributed by atoms with E-state index in [1.54, 1.807) is 0 Å². The van der Waals surface area contributed by atoms with Gasteiger partial charge in [-0.25, -0.2) is 4.68 Å². The number of nitrogens with one attached hydrogen (secondary N) is 2. The van der Waals surface area contributed by atoms with Gasteiger partial charge in [0.05, 0.1) is 12.3 Å². The zero-order chi connectivity index (χ0) is 16.2. The van der Waals surface area contributed by atoms with Crippen molar-refractivity contribution in [2.45, 2.75) is 44.9 Å². The van der Waals surface area contributed by atoms with Crippen molar-refractivity contribution in [3.8, 4) is 5.75 Å². The Balaban J connectivity index is 1.30. The highest BCUT2D eigenvalue weighted by atomic mass is 16.5. The lowest BCUT2D eigenvalue weighted by molar-refractivity contribution is 0.207. The Labute approximate surface area is 143 Å². The predicted octanol–water partition coefficient (Wildman–Crippen LogP) is 3.04. The third-order valence-corrected chi connectivity index (χ3v) is 5.04. The van der Waals surface area contributed by atoms with Crippen molar-refractivity contribution in [3.05, 3.63) is 42.1 Å². The number of aromatic nitrogens is 2. The molecule has 5 nitrogen and oxygen atoms in total. The molecule has 2 N–H and O–H groups in total. The number of nitrogens with zero attached hydrogens (tertiary/aromatic N) is 2. The molecule has 1 aliphatic carbocycles. The van der Waals surface area contributed by atoms with Crippen LogP contribution in [0.25, 0.3) is 0 Å². The summed E-state index contributed by atoms with van der Waals surface area (Å²) in [6, 6.07) is 10.5. The van der Waals surface area contributed by atoms with Gasteiger partial charge in [-0.15, -0.1) is 0 Å². The van der Waals surface area contributed by atoms with Crippen LogP contribution < -0.4 is 15.4 Å². The van der Waals surface area contributed by atoms with E-state index in [9.17, 15) is 0 Å². The standard InChI is InChI=1S/C19H26N4O/c1-4-8-18(24-17-6-2-3-7-17)16(5-1)13-20-11-15-12-21-19-9-10-22-23(19)14-15/h1,4-5,8-10,15,17,20-21H,2-3,6-7,11-14H2. The molecule has 1 aromatic heterocycles. The maximum absolute atomic E-state index is 6.22. The van der Waals surface area contributed by atoms with Crippen LogP contribution in [0.1, 0.15) is 31.2 Å². The molecule has 128 valence electrons. The van der Waals surface area contributed by atoms with E-state index >= 15 is 0 Å². The number of anilines is 1. The number of fused-ring (bicyclic) bond motifs is 1. The Morgan fingerprint density at radius 1 is 1.21 bits per heavy atom. The van der Waals surface area contributed by atoms with Crippen molar-refractivity contribution in [1.82, 2.24) is 15.1 Å². The minimum absolute atomic E-state index is 0.409. The van der Waals surface area contributed by atoms with E-state index < -0.39 is 0 Å². The van der Waals surface area contributed by atoms with Crippen LogP contribution in [0.5, 0.6) is 5.75 Å². The van der Waals surface area contributed by atoms with E-state index in [4.69, 9.17) is 4.74 Å². The SMILES string of the molecule is c1ccc(OC2CCCC2)c(CNCC2CNc3ccnn3C2)c1. The van der Waals surface area contributed by atoms with Crippen LogP contribution in [-0.4, -0.2) is 29.0 Å². The molecule has 24 heavy (non-hydrogen) atoms. The van der Waals surface area contributed by atoms with Crippen LogP contribution in [0.4, 0.5) is 5.82 Å². The Morgan fingerprint density at radius 2 is 2.08 bits per heavy atom. The zero-order valence-electron chi connectivity index (χ0n) is 14.1. The lowest BCUT2D eigenvalue weighted by Gasteiger charge is -2.25. The van der Waals surface area contributed by atoms with Gasteiger partial charge in [-0.1, -0.05) is 18.2 Å². The van der Waals surface area contributed by atoms with Gasteiger partial charge in [0.15, 0.2) is 0 Å². The van der Waals surface area contributed by atoms with Crippen LogP contribution in [0.2, 0.25) is 0 Å². The van der Waals surface area contributed by atoms with Gasteiger partial charge >= 0.3 is 0 Å². The first-order chi connectivity index (χ1) is 11.9. The minimum atomic E-state index is 0.409. The Hall–Kier alpha value is -2.01. The van der Waals surface area contributed by atoms with Gasteiger partial charge in [-0.05, 0) is 31.7 Å². The summed E-state index contributed by atoms with van der Waals surface area (Å²) in [5, 5.41) is 11.4. The molecule has 2 heterocycles. The molecule has 1 fully saturated rings. The first-order valence-electron chi connectivity index (χ1n) is 9.09. The summed E-state index contributed by atoms with van der Waals surface area (Å²) in [5.41, 5.74) is 1.26. The molecule has 1 unspecified atom stereocenters. The number of ether oxygens (including phenoxy) is 1. The molecule has 1 atom stereocenters. The van der Waals surface area contributed by atoms with Gasteiger partial charge in [0, 0.05) is 43.7 Å². The van der Waals surface area contributed by atoms with Crippen LogP contribution >= 0.6 is 0 Å². The van der Waals surface area contributed by atoms with Crippen molar-refractivity contribution in [1.29, 1.82) is 0 Å². The van der Waals surface area contributed by atoms with Crippen molar-refractivity contribution in [2.24, 2.45) is 5.92 Å². The molecule has 4 rings (SSSR count). The fraction of sp³-hybridized carbons (Fsp3) is 0.526. The van der Waals surface area contributed by atoms with E-state index in [1.165, 1.54) is 31.2 Å². The van der Waals surface area contributed by atoms with Gasteiger partial charge < -0.3 is 15.4 Å². The van der Waals surface area contributed by atoms with Gasteiger partial charge in [0.25, 0.3) is 0 Å². The summed E-state index contributed by atoms with van der Waals surface area (Å²) >= 11 is 0. The first-order valence-corrected chi connectivity index (χ1v) is 9.09. The van der Waals surface area contributed by atoms with Crippen LogP contribution in [0.15, 0.2) is 36.5 Å². The van der Waals surface area contributed by atoms with Crippen LogP contribution in [0.3, 0.4) is 0 Å². The molecule has 1 saturated carbocycles. The normalized spacial score (nSPS) is 20.6. The molecule has 0 radical (unpaired) electrons. The summed E-state index contributed by atoms with van der Waals surface area (Å²) in [7, 11) is 0. The third-order valence-electron chi connectivity index (χ3n) is 5.04. The van der Waals surface area contributed by atoms with E-state index in [0.29, 0.717) is 12.0 Å². The van der Waals surface area contributed by atoms with Crippen molar-refractivity contribution >= 4 is 5.82 Å². The van der Waals surface area contributed by atoms with Crippen LogP contribution in [0, 0.1) is 5.92 Å². The fourth-order valence-electron chi connectivity index (χ4n) is 3.68. The van der Waals surface area contributed by atoms with E-state index in [-0.39, 0.29) is 0 Å². The van der Waals surface area contributed by atoms with Gasteiger partial charge in [-0.3, -0.25) is 0 Å². The minimum Gasteiger partial charge on any atom is -0.490 e. The van der Waals surface area contributed by atoms with Gasteiger partial charge in [-0.2, -0.15) is 5.10 Å². The summed E-state index contributed by atoms with van der Waals surface area (Å²) in [4.78, 5) is 0. The summed E-state index contributed by atoms with van der Waals surface area (Å²) in [6.07, 6.45) is 7.26. The summed E-state index contributed by atoms with van der Waals surface area (Å²) in [6.45, 7) is 3.80. The van der Waals surface area contributed by atoms with E-state index in [2.05, 4.69) is 40.0 Å². The van der Waals surface area contributed by atoms with E-state index in [1.807, 2.05) is 16.9 Å². The van der Waals surface area contributed by atoms with Crippen LogP contribution in [-0.2, 0) is 13.1 Å². The maximum Gasteiger partial charge on any atom is 0.124 e. The monoisotopic (exact) mass is 326 g/mol. The Morgan fingerprint density at radius 3 is 3.00 bits per heavy atom. The highest BCUT2D eigenvalue weighted by Gasteiger charge is 2.19. The second-order valence-corrected chi connectivity index (χ2v) is 6.91. The molecule has 1 aliphatic heterocycles. The highest BCUT2D eigenvalue weighted by Crippen LogP contribution is 2.26. The second kappa shape index (κ2) is 7.26. The Kier molecular flexibility index (Phi) is 4.69. The molecule has 2 aliphatic rings. The Bertz CT molecular complexity index is 663. The van der Waals surface area contributed by atoms with Crippen molar-refractivity contribution in [2.75, 3.05) is 18.4 Å².